The second-order valence-corrected chi connectivity index (χ2v) is 8.25. The van der Waals surface area contributed by atoms with Gasteiger partial charge in [0.1, 0.15) is 15.8 Å². The fraction of sp³-hybridized carbons (Fsp3) is 0.550. The van der Waals surface area contributed by atoms with Crippen LogP contribution in [0.1, 0.15) is 50.1 Å². The Bertz CT molecular complexity index is 872. The summed E-state index contributed by atoms with van der Waals surface area (Å²) in [6.45, 7) is 4.66. The van der Waals surface area contributed by atoms with Gasteiger partial charge < -0.3 is 20.3 Å². The maximum atomic E-state index is 13.6. The summed E-state index contributed by atoms with van der Waals surface area (Å²) in [6.07, 6.45) is -2.58. The van der Waals surface area contributed by atoms with Crippen molar-refractivity contribution in [1.82, 2.24) is 10.2 Å². The summed E-state index contributed by atoms with van der Waals surface area (Å²) in [7, 11) is 0. The van der Waals surface area contributed by atoms with E-state index in [2.05, 4.69) is 10.2 Å². The minimum atomic E-state index is -4.62. The summed E-state index contributed by atoms with van der Waals surface area (Å²) in [4.78, 5) is 11.0. The lowest BCUT2D eigenvalue weighted by Gasteiger charge is -2.18. The number of rotatable bonds is 12. The number of nitrogens with two attached hydrogens (primary N) is 1. The van der Waals surface area contributed by atoms with Gasteiger partial charge in [0, 0.05) is 25.2 Å². The predicted octanol–water partition coefficient (Wildman–Crippen LogP) is 4.46. The molecule has 0 fully saturated rings. The van der Waals surface area contributed by atoms with Gasteiger partial charge in [0.2, 0.25) is 0 Å². The Morgan fingerprint density at radius 1 is 1.19 bits per heavy atom. The number of nitrogens with zero attached hydrogens (tertiary/aromatic N) is 2. The van der Waals surface area contributed by atoms with E-state index in [1.807, 2.05) is 6.92 Å². The van der Waals surface area contributed by atoms with Gasteiger partial charge in [-0.3, -0.25) is 4.79 Å². The molecule has 2 rings (SSSR count). The van der Waals surface area contributed by atoms with E-state index in [1.165, 1.54) is 19.1 Å². The quantitative estimate of drug-likeness (QED) is 0.449. The monoisotopic (exact) mass is 461 g/mol. The SMILES string of the molecule is CCCCOCCCOc1ccc(-c2nnc([C@@](C)(N)CC(=O)O)s2)cc1C(F)(F)F. The molecule has 1 aromatic heterocycles. The van der Waals surface area contributed by atoms with Crippen LogP contribution in [0.25, 0.3) is 10.6 Å². The molecule has 0 radical (unpaired) electrons. The molecule has 0 aliphatic carbocycles. The zero-order valence-corrected chi connectivity index (χ0v) is 18.2. The molecule has 0 amide bonds. The van der Waals surface area contributed by atoms with Crippen LogP contribution >= 0.6 is 11.3 Å². The number of ether oxygens (including phenoxy) is 2. The highest BCUT2D eigenvalue weighted by atomic mass is 32.1. The van der Waals surface area contributed by atoms with E-state index in [0.29, 0.717) is 19.6 Å². The topological polar surface area (TPSA) is 108 Å². The number of carboxylic acids is 1. The normalized spacial score (nSPS) is 13.7. The second-order valence-electron chi connectivity index (χ2n) is 7.28. The van der Waals surface area contributed by atoms with Crippen molar-refractivity contribution in [2.45, 2.75) is 51.2 Å². The van der Waals surface area contributed by atoms with Crippen molar-refractivity contribution >= 4 is 17.3 Å². The van der Waals surface area contributed by atoms with E-state index < -0.39 is 23.2 Å². The van der Waals surface area contributed by atoms with E-state index in [9.17, 15) is 18.0 Å². The van der Waals surface area contributed by atoms with Crippen LogP contribution in [0.4, 0.5) is 13.2 Å². The number of aromatic nitrogens is 2. The molecule has 0 spiro atoms. The molecular weight excluding hydrogens is 435 g/mol. The minimum absolute atomic E-state index is 0.0955. The number of halogens is 3. The molecule has 0 aliphatic heterocycles. The first-order valence-electron chi connectivity index (χ1n) is 9.81. The number of unbranched alkanes of at least 4 members (excludes halogenated alkanes) is 1. The Morgan fingerprint density at radius 3 is 2.55 bits per heavy atom. The van der Waals surface area contributed by atoms with Gasteiger partial charge in [-0.2, -0.15) is 13.2 Å². The second kappa shape index (κ2) is 10.9. The lowest BCUT2D eigenvalue weighted by atomic mass is 10.0. The smallest absolute Gasteiger partial charge is 0.419 e. The summed E-state index contributed by atoms with van der Waals surface area (Å²) in [5, 5.41) is 17.2. The molecule has 3 N–H and O–H groups in total. The van der Waals surface area contributed by atoms with Gasteiger partial charge in [0.05, 0.1) is 24.1 Å². The van der Waals surface area contributed by atoms with Crippen LogP contribution in [-0.4, -0.2) is 41.1 Å². The summed E-state index contributed by atoms with van der Waals surface area (Å²) in [5.74, 6) is -1.39. The van der Waals surface area contributed by atoms with Gasteiger partial charge in [-0.15, -0.1) is 10.2 Å². The third-order valence-corrected chi connectivity index (χ3v) is 5.55. The molecule has 2 aromatic rings. The molecule has 31 heavy (non-hydrogen) atoms. The lowest BCUT2D eigenvalue weighted by molar-refractivity contribution is -0.139. The molecule has 7 nitrogen and oxygen atoms in total. The third-order valence-electron chi connectivity index (χ3n) is 4.30. The van der Waals surface area contributed by atoms with Gasteiger partial charge in [0.15, 0.2) is 0 Å². The first kappa shape index (κ1) is 25.0. The Labute approximate surface area is 182 Å². The Balaban J connectivity index is 2.14. The van der Waals surface area contributed by atoms with E-state index in [-0.39, 0.29) is 34.4 Å². The van der Waals surface area contributed by atoms with Crippen LogP contribution in [0, 0.1) is 0 Å². The van der Waals surface area contributed by atoms with Crippen molar-refractivity contribution in [3.05, 3.63) is 28.8 Å². The third kappa shape index (κ3) is 7.44. The van der Waals surface area contributed by atoms with E-state index >= 15 is 0 Å². The number of hydrogen-bond acceptors (Lipinski definition) is 7. The number of alkyl halides is 3. The summed E-state index contributed by atoms with van der Waals surface area (Å²) in [6, 6.07) is 3.65. The maximum Gasteiger partial charge on any atom is 0.419 e. The van der Waals surface area contributed by atoms with Crippen molar-refractivity contribution < 1.29 is 32.5 Å². The molecular formula is C20H26F3N3O4S. The maximum absolute atomic E-state index is 13.6. The van der Waals surface area contributed by atoms with Crippen LogP contribution in [0.5, 0.6) is 5.75 Å². The van der Waals surface area contributed by atoms with Gasteiger partial charge in [-0.05, 0) is 31.5 Å². The standard InChI is InChI=1S/C20H26F3N3O4S/c1-3-4-8-29-9-5-10-30-15-7-6-13(11-14(15)20(21,22)23)17-25-26-18(31-17)19(2,24)12-16(27)28/h6-7,11H,3-5,8-10,12,24H2,1-2H3,(H,27,28)/t19-/m0/s1. The fourth-order valence-electron chi connectivity index (χ4n) is 2.66. The number of benzene rings is 1. The first-order chi connectivity index (χ1) is 14.5. The summed E-state index contributed by atoms with van der Waals surface area (Å²) < 4.78 is 51.4. The molecule has 1 heterocycles. The van der Waals surface area contributed by atoms with E-state index in [4.69, 9.17) is 20.3 Å². The van der Waals surface area contributed by atoms with Crippen LogP contribution in [0.15, 0.2) is 18.2 Å². The average Bonchev–Trinajstić information content (AvgIpc) is 3.17. The van der Waals surface area contributed by atoms with E-state index in [0.717, 1.165) is 30.2 Å². The molecule has 1 aromatic carbocycles. The highest BCUT2D eigenvalue weighted by molar-refractivity contribution is 7.14. The van der Waals surface area contributed by atoms with Crippen LogP contribution < -0.4 is 10.5 Å². The van der Waals surface area contributed by atoms with Crippen molar-refractivity contribution in [3.63, 3.8) is 0 Å². The number of hydrogen-bond donors (Lipinski definition) is 2. The van der Waals surface area contributed by atoms with Crippen molar-refractivity contribution in [3.8, 4) is 16.3 Å². The molecule has 172 valence electrons. The average molecular weight is 462 g/mol. The van der Waals surface area contributed by atoms with Gasteiger partial charge in [-0.25, -0.2) is 0 Å². The van der Waals surface area contributed by atoms with Crippen molar-refractivity contribution in [2.24, 2.45) is 5.73 Å². The molecule has 11 heteroatoms. The number of carboxylic acid groups (broad SMARTS) is 1. The molecule has 1 atom stereocenters. The minimum Gasteiger partial charge on any atom is -0.493 e. The molecule has 0 aliphatic rings. The number of aliphatic carboxylic acids is 1. The van der Waals surface area contributed by atoms with Gasteiger partial charge >= 0.3 is 12.1 Å². The predicted molar refractivity (Wildman–Crippen MR) is 110 cm³/mol. The molecule has 0 unspecified atom stereocenters. The van der Waals surface area contributed by atoms with Crippen LogP contribution in [0.2, 0.25) is 0 Å². The molecule has 0 saturated carbocycles. The lowest BCUT2D eigenvalue weighted by Crippen LogP contribution is -2.35. The Morgan fingerprint density at radius 2 is 1.90 bits per heavy atom. The number of carbonyl (C=O) groups is 1. The van der Waals surface area contributed by atoms with Gasteiger partial charge in [-0.1, -0.05) is 24.7 Å². The van der Waals surface area contributed by atoms with Gasteiger partial charge in [0.25, 0.3) is 0 Å². The van der Waals surface area contributed by atoms with Crippen molar-refractivity contribution in [1.29, 1.82) is 0 Å². The summed E-state index contributed by atoms with van der Waals surface area (Å²) >= 11 is 0.956. The highest BCUT2D eigenvalue weighted by Crippen LogP contribution is 2.40. The molecule has 0 saturated heterocycles. The summed E-state index contributed by atoms with van der Waals surface area (Å²) in [5.41, 5.74) is 3.97. The molecule has 0 bridgehead atoms. The first-order valence-corrected chi connectivity index (χ1v) is 10.6. The Kier molecular flexibility index (Phi) is 8.78. The van der Waals surface area contributed by atoms with E-state index in [1.54, 1.807) is 0 Å². The zero-order valence-electron chi connectivity index (χ0n) is 17.4. The van der Waals surface area contributed by atoms with Crippen molar-refractivity contribution in [2.75, 3.05) is 19.8 Å². The van der Waals surface area contributed by atoms with Crippen LogP contribution in [0.3, 0.4) is 0 Å². The largest absolute Gasteiger partial charge is 0.493 e. The zero-order chi connectivity index (χ0) is 23.1. The highest BCUT2D eigenvalue weighted by Gasteiger charge is 2.35. The Hall–Kier alpha value is -2.24. The van der Waals surface area contributed by atoms with Crippen LogP contribution in [-0.2, 0) is 21.2 Å². The fourth-order valence-corrected chi connectivity index (χ4v) is 3.56.